The first-order valence-corrected chi connectivity index (χ1v) is 11.4. The van der Waals surface area contributed by atoms with E-state index in [1.165, 1.54) is 0 Å². The van der Waals surface area contributed by atoms with Crippen molar-refractivity contribution in [3.05, 3.63) is 62.0 Å². The van der Waals surface area contributed by atoms with Gasteiger partial charge in [-0.15, -0.1) is 0 Å². The molecule has 0 unspecified atom stereocenters. The van der Waals surface area contributed by atoms with E-state index in [-0.39, 0.29) is 12.7 Å². The van der Waals surface area contributed by atoms with Gasteiger partial charge < -0.3 is 9.47 Å². The highest BCUT2D eigenvalue weighted by atomic mass is 79.9. The van der Waals surface area contributed by atoms with Crippen molar-refractivity contribution in [3.63, 3.8) is 0 Å². The third kappa shape index (κ3) is 5.00. The third-order valence-electron chi connectivity index (χ3n) is 5.79. The van der Waals surface area contributed by atoms with Gasteiger partial charge in [0.15, 0.2) is 0 Å². The maximum atomic E-state index is 12.6. The Hall–Kier alpha value is -1.80. The van der Waals surface area contributed by atoms with Crippen LogP contribution in [0.5, 0.6) is 0 Å². The van der Waals surface area contributed by atoms with Crippen molar-refractivity contribution in [2.75, 3.05) is 24.5 Å². The monoisotopic (exact) mass is 526 g/mol. The van der Waals surface area contributed by atoms with E-state index in [2.05, 4.69) is 20.8 Å². The fourth-order valence-corrected chi connectivity index (χ4v) is 4.86. The molecule has 2 aromatic carbocycles. The standard InChI is InChI=1S/C22H21BrCl2N2O4/c23-18-9-16(19(24)10-20(18)25)11-26-7-5-22(6-8-26)13-27(21(29)31-22)17-3-1-15(2-4-17)12-30-14-28/h1-4,9-10,14H,5-8,11-13H2. The van der Waals surface area contributed by atoms with Gasteiger partial charge in [-0.2, -0.15) is 0 Å². The number of nitrogens with zero attached hydrogens (tertiary/aromatic N) is 2. The number of anilines is 1. The molecule has 2 fully saturated rings. The predicted octanol–water partition coefficient (Wildman–Crippen LogP) is 5.42. The number of carbonyl (C=O) groups is 2. The summed E-state index contributed by atoms with van der Waals surface area (Å²) in [5.41, 5.74) is 2.17. The summed E-state index contributed by atoms with van der Waals surface area (Å²) >= 11 is 15.9. The number of ether oxygens (including phenoxy) is 2. The molecule has 0 bridgehead atoms. The fourth-order valence-electron chi connectivity index (χ4n) is 4.03. The summed E-state index contributed by atoms with van der Waals surface area (Å²) in [4.78, 5) is 26.9. The fraction of sp³-hybridized carbons (Fsp3) is 0.364. The lowest BCUT2D eigenvalue weighted by molar-refractivity contribution is -0.129. The molecule has 31 heavy (non-hydrogen) atoms. The van der Waals surface area contributed by atoms with E-state index < -0.39 is 5.60 Å². The van der Waals surface area contributed by atoms with E-state index in [9.17, 15) is 9.59 Å². The lowest BCUT2D eigenvalue weighted by Crippen LogP contribution is -2.46. The van der Waals surface area contributed by atoms with E-state index in [0.29, 0.717) is 29.6 Å². The van der Waals surface area contributed by atoms with Crippen molar-refractivity contribution in [2.45, 2.75) is 31.6 Å². The van der Waals surface area contributed by atoms with Crippen LogP contribution in [0.1, 0.15) is 24.0 Å². The highest BCUT2D eigenvalue weighted by molar-refractivity contribution is 9.10. The van der Waals surface area contributed by atoms with E-state index >= 15 is 0 Å². The number of halogens is 3. The summed E-state index contributed by atoms with van der Waals surface area (Å²) in [7, 11) is 0. The van der Waals surface area contributed by atoms with Gasteiger partial charge in [-0.05, 0) is 51.3 Å². The minimum absolute atomic E-state index is 0.211. The highest BCUT2D eigenvalue weighted by Gasteiger charge is 2.47. The van der Waals surface area contributed by atoms with Gasteiger partial charge in [-0.1, -0.05) is 35.3 Å². The molecule has 2 heterocycles. The van der Waals surface area contributed by atoms with Crippen LogP contribution in [0.3, 0.4) is 0 Å². The Morgan fingerprint density at radius 3 is 2.52 bits per heavy atom. The van der Waals surface area contributed by atoms with Crippen LogP contribution in [0.4, 0.5) is 10.5 Å². The second-order valence-corrected chi connectivity index (χ2v) is 9.51. The molecule has 0 atom stereocenters. The summed E-state index contributed by atoms with van der Waals surface area (Å²) in [6, 6.07) is 11.1. The Bertz CT molecular complexity index is 978. The Kier molecular flexibility index (Phi) is 6.77. The van der Waals surface area contributed by atoms with Gasteiger partial charge in [0.05, 0.1) is 11.6 Å². The van der Waals surface area contributed by atoms with Crippen molar-refractivity contribution in [1.82, 2.24) is 4.90 Å². The second kappa shape index (κ2) is 9.36. The third-order valence-corrected chi connectivity index (χ3v) is 7.34. The quantitative estimate of drug-likeness (QED) is 0.371. The van der Waals surface area contributed by atoms with Gasteiger partial charge in [-0.25, -0.2) is 4.79 Å². The first-order valence-electron chi connectivity index (χ1n) is 9.90. The maximum Gasteiger partial charge on any atom is 0.415 e. The molecule has 2 aromatic rings. The molecule has 1 amide bonds. The topological polar surface area (TPSA) is 59.1 Å². The van der Waals surface area contributed by atoms with Crippen LogP contribution < -0.4 is 4.90 Å². The minimum atomic E-state index is -0.475. The molecule has 4 rings (SSSR count). The molecule has 0 aliphatic carbocycles. The van der Waals surface area contributed by atoms with E-state index in [1.807, 2.05) is 30.3 Å². The van der Waals surface area contributed by atoms with E-state index in [0.717, 1.165) is 47.2 Å². The van der Waals surface area contributed by atoms with Crippen LogP contribution in [0.25, 0.3) is 0 Å². The molecular formula is C22H21BrCl2N2O4. The van der Waals surface area contributed by atoms with Gasteiger partial charge in [0.25, 0.3) is 6.47 Å². The number of hydrogen-bond donors (Lipinski definition) is 0. The van der Waals surface area contributed by atoms with Crippen LogP contribution >= 0.6 is 39.1 Å². The number of carbonyl (C=O) groups excluding carboxylic acids is 2. The number of rotatable bonds is 6. The molecule has 0 aromatic heterocycles. The van der Waals surface area contributed by atoms with Crippen molar-refractivity contribution in [3.8, 4) is 0 Å². The molecule has 9 heteroatoms. The molecule has 6 nitrogen and oxygen atoms in total. The van der Waals surface area contributed by atoms with Crippen molar-refractivity contribution in [1.29, 1.82) is 0 Å². The van der Waals surface area contributed by atoms with Crippen LogP contribution in [-0.4, -0.2) is 42.7 Å². The molecule has 2 saturated heterocycles. The number of likely N-dealkylation sites (tertiary alicyclic amines) is 1. The van der Waals surface area contributed by atoms with Crippen molar-refractivity contribution < 1.29 is 19.1 Å². The van der Waals surface area contributed by atoms with Gasteiger partial charge in [-0.3, -0.25) is 14.6 Å². The van der Waals surface area contributed by atoms with Gasteiger partial charge in [0.1, 0.15) is 12.2 Å². The predicted molar refractivity (Wildman–Crippen MR) is 123 cm³/mol. The second-order valence-electron chi connectivity index (χ2n) is 7.84. The van der Waals surface area contributed by atoms with E-state index in [4.69, 9.17) is 32.7 Å². The van der Waals surface area contributed by atoms with Crippen LogP contribution in [0.2, 0.25) is 10.0 Å². The van der Waals surface area contributed by atoms with Gasteiger partial charge in [0, 0.05) is 47.7 Å². The molecule has 2 aliphatic heterocycles. The summed E-state index contributed by atoms with van der Waals surface area (Å²) in [6.07, 6.45) is 1.19. The Balaban J connectivity index is 1.37. The molecule has 164 valence electrons. The van der Waals surface area contributed by atoms with E-state index in [1.54, 1.807) is 11.0 Å². The molecule has 2 aliphatic rings. The maximum absolute atomic E-state index is 12.6. The Labute approximate surface area is 199 Å². The highest BCUT2D eigenvalue weighted by Crippen LogP contribution is 2.37. The molecule has 1 spiro atoms. The first kappa shape index (κ1) is 22.4. The average molecular weight is 528 g/mol. The number of piperidine rings is 1. The summed E-state index contributed by atoms with van der Waals surface area (Å²) < 4.78 is 11.4. The zero-order valence-electron chi connectivity index (χ0n) is 16.7. The molecule has 0 radical (unpaired) electrons. The summed E-state index contributed by atoms with van der Waals surface area (Å²) in [5, 5.41) is 1.24. The normalized spacial score (nSPS) is 18.3. The lowest BCUT2D eigenvalue weighted by atomic mass is 9.91. The SMILES string of the molecule is O=COCc1ccc(N2CC3(CCN(Cc4cc(Br)c(Cl)cc4Cl)CC3)OC2=O)cc1. The lowest BCUT2D eigenvalue weighted by Gasteiger charge is -2.37. The number of benzene rings is 2. The first-order chi connectivity index (χ1) is 14.9. The zero-order valence-corrected chi connectivity index (χ0v) is 19.8. The molecular weight excluding hydrogens is 507 g/mol. The van der Waals surface area contributed by atoms with Crippen LogP contribution in [0.15, 0.2) is 40.9 Å². The van der Waals surface area contributed by atoms with Crippen molar-refractivity contribution >= 4 is 57.4 Å². The van der Waals surface area contributed by atoms with Crippen LogP contribution in [0, 0.1) is 0 Å². The Morgan fingerprint density at radius 1 is 1.13 bits per heavy atom. The minimum Gasteiger partial charge on any atom is -0.463 e. The average Bonchev–Trinajstić information content (AvgIpc) is 3.08. The van der Waals surface area contributed by atoms with Crippen molar-refractivity contribution in [2.24, 2.45) is 0 Å². The Morgan fingerprint density at radius 2 is 1.84 bits per heavy atom. The summed E-state index contributed by atoms with van der Waals surface area (Å²) in [5.74, 6) is 0. The molecule has 0 saturated carbocycles. The number of hydrogen-bond acceptors (Lipinski definition) is 5. The zero-order chi connectivity index (χ0) is 22.0. The summed E-state index contributed by atoms with van der Waals surface area (Å²) in [6.45, 7) is 3.48. The molecule has 0 N–H and O–H groups in total. The van der Waals surface area contributed by atoms with Crippen LogP contribution in [-0.2, 0) is 27.4 Å². The van der Waals surface area contributed by atoms with Gasteiger partial charge in [0.2, 0.25) is 0 Å². The van der Waals surface area contributed by atoms with Gasteiger partial charge >= 0.3 is 6.09 Å². The number of amides is 1. The largest absolute Gasteiger partial charge is 0.463 e. The smallest absolute Gasteiger partial charge is 0.415 e.